The Bertz CT molecular complexity index is 585. The molecule has 164 valence electrons. The van der Waals surface area contributed by atoms with Gasteiger partial charge in [-0.25, -0.2) is 0 Å². The van der Waals surface area contributed by atoms with Gasteiger partial charge in [-0.15, -0.1) is 0 Å². The molecule has 4 amide bonds. The number of nitrogens with zero attached hydrogens (tertiary/aromatic N) is 1. The second-order valence-electron chi connectivity index (χ2n) is 8.62. The molecule has 0 radical (unpaired) electrons. The number of carbonyl (C=O) groups excluding carboxylic acids is 4. The first-order valence-corrected chi connectivity index (χ1v) is 11.3. The molecule has 0 aromatic rings. The number of nitrogens with one attached hydrogen (secondary N) is 2. The summed E-state index contributed by atoms with van der Waals surface area (Å²) in [6.45, 7) is 5.75. The highest BCUT2D eigenvalue weighted by Crippen LogP contribution is 2.31. The van der Waals surface area contributed by atoms with Crippen LogP contribution in [0.4, 0.5) is 0 Å². The zero-order valence-electron chi connectivity index (χ0n) is 18.0. The largest absolute Gasteiger partial charge is 0.356 e. The van der Waals surface area contributed by atoms with Gasteiger partial charge in [0.05, 0.1) is 0 Å². The van der Waals surface area contributed by atoms with E-state index in [2.05, 4.69) is 10.6 Å². The summed E-state index contributed by atoms with van der Waals surface area (Å²) in [4.78, 5) is 49.3. The third-order valence-electron chi connectivity index (χ3n) is 6.08. The number of unbranched alkanes of at least 4 members (excludes halogenated alkanes) is 2. The third kappa shape index (κ3) is 7.44. The smallest absolute Gasteiger partial charge is 0.232 e. The van der Waals surface area contributed by atoms with Gasteiger partial charge in [-0.1, -0.05) is 20.3 Å². The van der Waals surface area contributed by atoms with Crippen molar-refractivity contribution >= 4 is 23.6 Å². The second kappa shape index (κ2) is 11.9. The highest BCUT2D eigenvalue weighted by molar-refractivity contribution is 6.03. The summed E-state index contributed by atoms with van der Waals surface area (Å²) < 4.78 is 0. The Hall–Kier alpha value is -1.92. The summed E-state index contributed by atoms with van der Waals surface area (Å²) in [6.07, 6.45) is 7.92. The minimum atomic E-state index is -0.185. The molecule has 1 aliphatic heterocycles. The van der Waals surface area contributed by atoms with Crippen LogP contribution in [-0.4, -0.2) is 48.2 Å². The zero-order valence-corrected chi connectivity index (χ0v) is 18.0. The Kier molecular flexibility index (Phi) is 9.61. The molecule has 1 unspecified atom stereocenters. The molecule has 1 atom stereocenters. The average Bonchev–Trinajstić information content (AvgIpc) is 2.95. The molecule has 0 spiro atoms. The normalized spacial score (nSPS) is 24.6. The van der Waals surface area contributed by atoms with E-state index in [0.717, 1.165) is 57.9 Å². The van der Waals surface area contributed by atoms with Crippen LogP contribution in [0.15, 0.2) is 0 Å². The fraction of sp³-hybridized carbons (Fsp3) is 0.818. The lowest BCUT2D eigenvalue weighted by molar-refractivity contribution is -0.140. The Labute approximate surface area is 174 Å². The summed E-state index contributed by atoms with van der Waals surface area (Å²) in [6, 6.07) is 0. The van der Waals surface area contributed by atoms with Gasteiger partial charge in [-0.2, -0.15) is 0 Å². The molecule has 7 heteroatoms. The fourth-order valence-electron chi connectivity index (χ4n) is 4.20. The molecular formula is C22H37N3O4. The van der Waals surface area contributed by atoms with Crippen LogP contribution >= 0.6 is 0 Å². The van der Waals surface area contributed by atoms with Crippen molar-refractivity contribution in [3.8, 4) is 0 Å². The van der Waals surface area contributed by atoms with Crippen molar-refractivity contribution < 1.29 is 19.2 Å². The minimum absolute atomic E-state index is 0.0370. The number of likely N-dealkylation sites (tertiary alicyclic amines) is 1. The Balaban J connectivity index is 1.55. The Morgan fingerprint density at radius 1 is 1.00 bits per heavy atom. The van der Waals surface area contributed by atoms with E-state index in [1.54, 1.807) is 0 Å². The molecule has 2 N–H and O–H groups in total. The Morgan fingerprint density at radius 2 is 1.72 bits per heavy atom. The minimum Gasteiger partial charge on any atom is -0.356 e. The van der Waals surface area contributed by atoms with Crippen molar-refractivity contribution in [1.29, 1.82) is 0 Å². The van der Waals surface area contributed by atoms with Crippen LogP contribution in [0.3, 0.4) is 0 Å². The van der Waals surface area contributed by atoms with Gasteiger partial charge in [-0.3, -0.25) is 24.1 Å². The number of amides is 4. The molecule has 0 bridgehead atoms. The maximum absolute atomic E-state index is 12.4. The lowest BCUT2D eigenvalue weighted by Crippen LogP contribution is -2.38. The molecule has 2 rings (SSSR count). The molecule has 0 aromatic heterocycles. The molecule has 1 heterocycles. The Morgan fingerprint density at radius 3 is 2.34 bits per heavy atom. The predicted octanol–water partition coefficient (Wildman–Crippen LogP) is 2.39. The molecule has 2 fully saturated rings. The monoisotopic (exact) mass is 407 g/mol. The SMILES string of the molecule is CCCNC(=O)CCCCCNC(=O)C1CCC(CN2C(=O)CC(C)C2=O)CC1. The second-order valence-corrected chi connectivity index (χ2v) is 8.62. The summed E-state index contributed by atoms with van der Waals surface area (Å²) in [5.41, 5.74) is 0. The van der Waals surface area contributed by atoms with E-state index in [1.807, 2.05) is 13.8 Å². The summed E-state index contributed by atoms with van der Waals surface area (Å²) in [5.74, 6) is 0.301. The standard InChI is InChI=1S/C22H37N3O4/c1-3-12-23-19(26)7-5-4-6-13-24-21(28)18-10-8-17(9-11-18)15-25-20(27)14-16(2)22(25)29/h16-18H,3-15H2,1-2H3,(H,23,26)(H,24,28). The lowest BCUT2D eigenvalue weighted by Gasteiger charge is -2.30. The van der Waals surface area contributed by atoms with E-state index >= 15 is 0 Å². The van der Waals surface area contributed by atoms with Crippen molar-refractivity contribution in [2.24, 2.45) is 17.8 Å². The highest BCUT2D eigenvalue weighted by Gasteiger charge is 2.37. The summed E-state index contributed by atoms with van der Waals surface area (Å²) >= 11 is 0. The van der Waals surface area contributed by atoms with E-state index in [0.29, 0.717) is 31.8 Å². The van der Waals surface area contributed by atoms with Crippen LogP contribution < -0.4 is 10.6 Å². The molecule has 1 saturated heterocycles. The third-order valence-corrected chi connectivity index (χ3v) is 6.08. The van der Waals surface area contributed by atoms with Gasteiger partial charge in [0.1, 0.15) is 0 Å². The number of hydrogen-bond donors (Lipinski definition) is 2. The van der Waals surface area contributed by atoms with Crippen LogP contribution in [-0.2, 0) is 19.2 Å². The maximum Gasteiger partial charge on any atom is 0.232 e. The number of hydrogen-bond acceptors (Lipinski definition) is 4. The molecular weight excluding hydrogens is 370 g/mol. The van der Waals surface area contributed by atoms with E-state index in [-0.39, 0.29) is 35.5 Å². The maximum atomic E-state index is 12.4. The van der Waals surface area contributed by atoms with Gasteiger partial charge in [0.25, 0.3) is 0 Å². The van der Waals surface area contributed by atoms with Gasteiger partial charge in [0.2, 0.25) is 23.6 Å². The van der Waals surface area contributed by atoms with Gasteiger partial charge in [0, 0.05) is 44.3 Å². The highest BCUT2D eigenvalue weighted by atomic mass is 16.2. The van der Waals surface area contributed by atoms with Gasteiger partial charge in [0.15, 0.2) is 0 Å². The van der Waals surface area contributed by atoms with E-state index < -0.39 is 0 Å². The van der Waals surface area contributed by atoms with Crippen molar-refractivity contribution in [3.63, 3.8) is 0 Å². The van der Waals surface area contributed by atoms with Crippen molar-refractivity contribution in [3.05, 3.63) is 0 Å². The van der Waals surface area contributed by atoms with Crippen LogP contribution in [0.1, 0.15) is 78.1 Å². The number of imide groups is 1. The first kappa shape index (κ1) is 23.4. The lowest BCUT2D eigenvalue weighted by atomic mass is 9.81. The van der Waals surface area contributed by atoms with Crippen LogP contribution in [0.5, 0.6) is 0 Å². The first-order chi connectivity index (χ1) is 13.9. The molecule has 1 saturated carbocycles. The van der Waals surface area contributed by atoms with E-state index in [4.69, 9.17) is 0 Å². The molecule has 7 nitrogen and oxygen atoms in total. The van der Waals surface area contributed by atoms with Crippen LogP contribution in [0.2, 0.25) is 0 Å². The number of carbonyl (C=O) groups is 4. The fourth-order valence-corrected chi connectivity index (χ4v) is 4.20. The van der Waals surface area contributed by atoms with Crippen LogP contribution in [0.25, 0.3) is 0 Å². The van der Waals surface area contributed by atoms with Crippen LogP contribution in [0, 0.1) is 17.8 Å². The first-order valence-electron chi connectivity index (χ1n) is 11.3. The molecule has 0 aromatic carbocycles. The summed E-state index contributed by atoms with van der Waals surface area (Å²) in [5, 5.41) is 5.89. The molecule has 2 aliphatic rings. The predicted molar refractivity (Wildman–Crippen MR) is 111 cm³/mol. The number of rotatable bonds is 11. The van der Waals surface area contributed by atoms with Gasteiger partial charge in [-0.05, 0) is 50.9 Å². The quantitative estimate of drug-likeness (QED) is 0.406. The van der Waals surface area contributed by atoms with E-state index in [9.17, 15) is 19.2 Å². The zero-order chi connectivity index (χ0) is 21.2. The van der Waals surface area contributed by atoms with E-state index in [1.165, 1.54) is 4.90 Å². The average molecular weight is 408 g/mol. The van der Waals surface area contributed by atoms with Gasteiger partial charge < -0.3 is 10.6 Å². The van der Waals surface area contributed by atoms with Gasteiger partial charge >= 0.3 is 0 Å². The van der Waals surface area contributed by atoms with Crippen molar-refractivity contribution in [2.45, 2.75) is 78.1 Å². The summed E-state index contributed by atoms with van der Waals surface area (Å²) in [7, 11) is 0. The molecule has 29 heavy (non-hydrogen) atoms. The van der Waals surface area contributed by atoms with Crippen molar-refractivity contribution in [2.75, 3.05) is 19.6 Å². The topological polar surface area (TPSA) is 95.6 Å². The van der Waals surface area contributed by atoms with Crippen molar-refractivity contribution in [1.82, 2.24) is 15.5 Å². The molecule has 1 aliphatic carbocycles.